The van der Waals surface area contributed by atoms with Gasteiger partial charge in [0.15, 0.2) is 5.96 Å². The number of nitrogens with one attached hydrogen (secondary N) is 2. The standard InChI is InChI=1S/C16H30N4O3.HI/c1-4-17-16(18-8-10-20(2)9-6-11-22-3)19-13-14(21)15-7-5-12-23-15;/h5,7,12,14,21H,4,6,8-11,13H2,1-3H3,(H2,17,18,19);1H. The first-order valence-corrected chi connectivity index (χ1v) is 8.08. The van der Waals surface area contributed by atoms with E-state index < -0.39 is 6.10 Å². The van der Waals surface area contributed by atoms with Crippen molar-refractivity contribution < 1.29 is 14.3 Å². The van der Waals surface area contributed by atoms with Gasteiger partial charge in [0.05, 0.1) is 12.8 Å². The van der Waals surface area contributed by atoms with Crippen LogP contribution in [0.2, 0.25) is 0 Å². The van der Waals surface area contributed by atoms with Crippen LogP contribution in [0.5, 0.6) is 0 Å². The highest BCUT2D eigenvalue weighted by atomic mass is 127. The first-order valence-electron chi connectivity index (χ1n) is 8.08. The third-order valence-corrected chi connectivity index (χ3v) is 3.31. The molecule has 1 rings (SSSR count). The molecule has 0 aliphatic carbocycles. The average molecular weight is 454 g/mol. The minimum absolute atomic E-state index is 0. The summed E-state index contributed by atoms with van der Waals surface area (Å²) in [5.74, 6) is 1.23. The van der Waals surface area contributed by atoms with Crippen LogP contribution in [-0.4, -0.2) is 69.5 Å². The second kappa shape index (κ2) is 14.5. The fourth-order valence-corrected chi connectivity index (χ4v) is 2.05. The highest BCUT2D eigenvalue weighted by Crippen LogP contribution is 2.12. The van der Waals surface area contributed by atoms with Crippen LogP contribution in [0, 0.1) is 0 Å². The number of aliphatic hydroxyl groups excluding tert-OH is 1. The van der Waals surface area contributed by atoms with E-state index in [2.05, 4.69) is 27.6 Å². The number of furan rings is 1. The van der Waals surface area contributed by atoms with E-state index in [9.17, 15) is 5.11 Å². The normalized spacial score (nSPS) is 12.8. The molecule has 0 saturated heterocycles. The van der Waals surface area contributed by atoms with Crippen LogP contribution in [0.25, 0.3) is 0 Å². The molecule has 24 heavy (non-hydrogen) atoms. The summed E-state index contributed by atoms with van der Waals surface area (Å²) in [6.45, 7) is 6.52. The maximum Gasteiger partial charge on any atom is 0.191 e. The number of halogens is 1. The van der Waals surface area contributed by atoms with E-state index in [-0.39, 0.29) is 30.5 Å². The molecule has 0 amide bonds. The van der Waals surface area contributed by atoms with Crippen molar-refractivity contribution in [3.63, 3.8) is 0 Å². The number of methoxy groups -OCH3 is 1. The van der Waals surface area contributed by atoms with Gasteiger partial charge in [0.25, 0.3) is 0 Å². The molecular formula is C16H31IN4O3. The van der Waals surface area contributed by atoms with Crippen molar-refractivity contribution in [3.8, 4) is 0 Å². The predicted molar refractivity (Wildman–Crippen MR) is 107 cm³/mol. The van der Waals surface area contributed by atoms with Gasteiger partial charge in [-0.3, -0.25) is 4.99 Å². The smallest absolute Gasteiger partial charge is 0.191 e. The lowest BCUT2D eigenvalue weighted by molar-refractivity contribution is 0.158. The van der Waals surface area contributed by atoms with Crippen LogP contribution < -0.4 is 10.6 Å². The molecule has 140 valence electrons. The Bertz CT molecular complexity index is 429. The maximum absolute atomic E-state index is 9.98. The molecule has 1 heterocycles. The minimum Gasteiger partial charge on any atom is -0.467 e. The van der Waals surface area contributed by atoms with Gasteiger partial charge in [-0.15, -0.1) is 24.0 Å². The summed E-state index contributed by atoms with van der Waals surface area (Å²) in [7, 11) is 3.81. The lowest BCUT2D eigenvalue weighted by Crippen LogP contribution is -2.41. The molecule has 1 unspecified atom stereocenters. The third-order valence-electron chi connectivity index (χ3n) is 3.31. The molecule has 0 aliphatic rings. The molecule has 0 fully saturated rings. The van der Waals surface area contributed by atoms with Gasteiger partial charge >= 0.3 is 0 Å². The van der Waals surface area contributed by atoms with Gasteiger partial charge in [0.2, 0.25) is 0 Å². The van der Waals surface area contributed by atoms with Gasteiger partial charge in [-0.1, -0.05) is 0 Å². The molecular weight excluding hydrogens is 423 g/mol. The van der Waals surface area contributed by atoms with Crippen molar-refractivity contribution in [1.29, 1.82) is 0 Å². The SMILES string of the molecule is CCNC(=NCC(O)c1ccco1)NCCN(C)CCCOC.I. The zero-order valence-corrected chi connectivity index (χ0v) is 17.2. The Morgan fingerprint density at radius 1 is 1.42 bits per heavy atom. The summed E-state index contributed by atoms with van der Waals surface area (Å²) in [5, 5.41) is 16.4. The first kappa shape index (κ1) is 23.2. The minimum atomic E-state index is -0.725. The van der Waals surface area contributed by atoms with Crippen molar-refractivity contribution in [3.05, 3.63) is 24.2 Å². The van der Waals surface area contributed by atoms with Crippen molar-refractivity contribution >= 4 is 29.9 Å². The topological polar surface area (TPSA) is 82.3 Å². The van der Waals surface area contributed by atoms with E-state index in [4.69, 9.17) is 9.15 Å². The number of likely N-dealkylation sites (N-methyl/N-ethyl adjacent to an activating group) is 1. The molecule has 7 nitrogen and oxygen atoms in total. The van der Waals surface area contributed by atoms with Crippen molar-refractivity contribution in [2.24, 2.45) is 4.99 Å². The van der Waals surface area contributed by atoms with Crippen LogP contribution in [-0.2, 0) is 4.74 Å². The Morgan fingerprint density at radius 3 is 2.83 bits per heavy atom. The van der Waals surface area contributed by atoms with Crippen LogP contribution in [0.15, 0.2) is 27.8 Å². The molecule has 8 heteroatoms. The van der Waals surface area contributed by atoms with Crippen LogP contribution in [0.1, 0.15) is 25.2 Å². The van der Waals surface area contributed by atoms with Gasteiger partial charge in [0, 0.05) is 39.9 Å². The number of nitrogens with zero attached hydrogens (tertiary/aromatic N) is 2. The Morgan fingerprint density at radius 2 is 2.21 bits per heavy atom. The van der Waals surface area contributed by atoms with E-state index >= 15 is 0 Å². The number of hydrogen-bond acceptors (Lipinski definition) is 5. The van der Waals surface area contributed by atoms with Gasteiger partial charge in [-0.2, -0.15) is 0 Å². The van der Waals surface area contributed by atoms with Crippen LogP contribution in [0.3, 0.4) is 0 Å². The highest BCUT2D eigenvalue weighted by molar-refractivity contribution is 14.0. The molecule has 1 aromatic rings. The summed E-state index contributed by atoms with van der Waals surface area (Å²) >= 11 is 0. The van der Waals surface area contributed by atoms with Crippen molar-refractivity contribution in [1.82, 2.24) is 15.5 Å². The average Bonchev–Trinajstić information content (AvgIpc) is 3.07. The summed E-state index contributed by atoms with van der Waals surface area (Å²) in [6.07, 6.45) is 1.85. The largest absolute Gasteiger partial charge is 0.467 e. The number of rotatable bonds is 11. The molecule has 0 aliphatic heterocycles. The van der Waals surface area contributed by atoms with Crippen molar-refractivity contribution in [2.75, 3.05) is 53.5 Å². The van der Waals surface area contributed by atoms with Gasteiger partial charge < -0.3 is 29.8 Å². The fourth-order valence-electron chi connectivity index (χ4n) is 2.05. The lowest BCUT2D eigenvalue weighted by Gasteiger charge is -2.18. The Hall–Kier alpha value is -0.840. The lowest BCUT2D eigenvalue weighted by atomic mass is 10.3. The Balaban J connectivity index is 0.00000529. The molecule has 0 spiro atoms. The van der Waals surface area contributed by atoms with E-state index in [1.165, 1.54) is 0 Å². The van der Waals surface area contributed by atoms with Crippen molar-refractivity contribution in [2.45, 2.75) is 19.4 Å². The van der Waals surface area contributed by atoms with Gasteiger partial charge in [0.1, 0.15) is 11.9 Å². The molecule has 0 aromatic carbocycles. The number of guanidine groups is 1. The van der Waals surface area contributed by atoms with E-state index in [1.54, 1.807) is 25.5 Å². The quantitative estimate of drug-likeness (QED) is 0.203. The molecule has 0 radical (unpaired) electrons. The highest BCUT2D eigenvalue weighted by Gasteiger charge is 2.10. The van der Waals surface area contributed by atoms with E-state index in [0.717, 1.165) is 39.2 Å². The van der Waals surface area contributed by atoms with E-state index in [1.807, 2.05) is 6.92 Å². The molecule has 0 saturated carbocycles. The molecule has 0 bridgehead atoms. The van der Waals surface area contributed by atoms with Gasteiger partial charge in [-0.05, 0) is 32.5 Å². The Labute approximate surface area is 161 Å². The molecule has 1 aromatic heterocycles. The summed E-state index contributed by atoms with van der Waals surface area (Å²) < 4.78 is 10.2. The van der Waals surface area contributed by atoms with E-state index in [0.29, 0.717) is 11.7 Å². The van der Waals surface area contributed by atoms with Crippen LogP contribution >= 0.6 is 24.0 Å². The number of ether oxygens (including phenoxy) is 1. The zero-order chi connectivity index (χ0) is 16.9. The first-order chi connectivity index (χ1) is 11.2. The number of aliphatic imine (C=N–C) groups is 1. The third kappa shape index (κ3) is 10.1. The number of hydrogen-bond donors (Lipinski definition) is 3. The molecule has 3 N–H and O–H groups in total. The van der Waals surface area contributed by atoms with Crippen LogP contribution in [0.4, 0.5) is 0 Å². The summed E-state index contributed by atoms with van der Waals surface area (Å²) in [5.41, 5.74) is 0. The summed E-state index contributed by atoms with van der Waals surface area (Å²) in [4.78, 5) is 6.63. The predicted octanol–water partition coefficient (Wildman–Crippen LogP) is 1.45. The Kier molecular flexibility index (Phi) is 14.0. The zero-order valence-electron chi connectivity index (χ0n) is 14.8. The molecule has 1 atom stereocenters. The monoisotopic (exact) mass is 454 g/mol. The maximum atomic E-state index is 9.98. The fraction of sp³-hybridized carbons (Fsp3) is 0.688. The van der Waals surface area contributed by atoms with Gasteiger partial charge in [-0.25, -0.2) is 0 Å². The summed E-state index contributed by atoms with van der Waals surface area (Å²) in [6, 6.07) is 3.50. The number of aliphatic hydroxyl groups is 1. The second-order valence-electron chi connectivity index (χ2n) is 5.33. The second-order valence-corrected chi connectivity index (χ2v) is 5.33.